The van der Waals surface area contributed by atoms with E-state index in [9.17, 15) is 0 Å². The Bertz CT molecular complexity index is 174. The van der Waals surface area contributed by atoms with Gasteiger partial charge in [0.1, 0.15) is 0 Å². The van der Waals surface area contributed by atoms with Crippen LogP contribution in [0.5, 0.6) is 0 Å². The summed E-state index contributed by atoms with van der Waals surface area (Å²) in [7, 11) is 4.32. The molecule has 2 aliphatic heterocycles. The Morgan fingerprint density at radius 2 is 1.41 bits per heavy atom. The minimum atomic E-state index is 0.795. The zero-order valence-corrected chi connectivity index (χ0v) is 11.5. The fourth-order valence-electron chi connectivity index (χ4n) is 2.03. The molecule has 0 aliphatic carbocycles. The standard InChI is InChI=1S/C7H17N3.C5H12N2/c1-9-4-6-10(3-2-8)7-5-9;1-7-4-2-6-3-5-7/h2-8H2,1H3;6H,2-5H2,1H3. The van der Waals surface area contributed by atoms with Crippen molar-refractivity contribution in [3.8, 4) is 0 Å². The SMILES string of the molecule is CN1CCN(CCN)CC1.CN1CCNCC1. The highest BCUT2D eigenvalue weighted by molar-refractivity contribution is 4.68. The van der Waals surface area contributed by atoms with E-state index in [1.807, 2.05) is 0 Å². The predicted molar refractivity (Wildman–Crippen MR) is 73.4 cm³/mol. The minimum absolute atomic E-state index is 0.795. The maximum Gasteiger partial charge on any atom is 0.0110 e. The van der Waals surface area contributed by atoms with E-state index in [2.05, 4.69) is 34.1 Å². The molecule has 0 spiro atoms. The molecule has 0 radical (unpaired) electrons. The smallest absolute Gasteiger partial charge is 0.0110 e. The van der Waals surface area contributed by atoms with Crippen LogP contribution in [-0.4, -0.2) is 94.2 Å². The number of nitrogens with zero attached hydrogens (tertiary/aromatic N) is 3. The topological polar surface area (TPSA) is 47.8 Å². The van der Waals surface area contributed by atoms with Gasteiger partial charge in [0.25, 0.3) is 0 Å². The van der Waals surface area contributed by atoms with E-state index in [-0.39, 0.29) is 0 Å². The van der Waals surface area contributed by atoms with Crippen molar-refractivity contribution in [2.24, 2.45) is 5.73 Å². The molecule has 2 heterocycles. The average molecular weight is 243 g/mol. The molecule has 0 atom stereocenters. The van der Waals surface area contributed by atoms with E-state index in [0.29, 0.717) is 0 Å². The molecule has 2 fully saturated rings. The van der Waals surface area contributed by atoms with Gasteiger partial charge in [-0.05, 0) is 14.1 Å². The van der Waals surface area contributed by atoms with Gasteiger partial charge in [0.05, 0.1) is 0 Å². The summed E-state index contributed by atoms with van der Waals surface area (Å²) < 4.78 is 0. The lowest BCUT2D eigenvalue weighted by atomic mass is 10.3. The fourth-order valence-corrected chi connectivity index (χ4v) is 2.03. The molecule has 0 saturated carbocycles. The Labute approximate surface area is 106 Å². The van der Waals surface area contributed by atoms with Crippen molar-refractivity contribution in [2.75, 3.05) is 79.5 Å². The van der Waals surface area contributed by atoms with Crippen LogP contribution in [0.1, 0.15) is 0 Å². The molecule has 2 saturated heterocycles. The van der Waals surface area contributed by atoms with Crippen LogP contribution >= 0.6 is 0 Å². The summed E-state index contributed by atoms with van der Waals surface area (Å²) in [5.41, 5.74) is 5.44. The monoisotopic (exact) mass is 243 g/mol. The van der Waals surface area contributed by atoms with Gasteiger partial charge in [-0.15, -0.1) is 0 Å². The van der Waals surface area contributed by atoms with E-state index >= 15 is 0 Å². The quantitative estimate of drug-likeness (QED) is 0.632. The van der Waals surface area contributed by atoms with Gasteiger partial charge in [0.2, 0.25) is 0 Å². The summed E-state index contributed by atoms with van der Waals surface area (Å²) in [5, 5.41) is 3.27. The summed E-state index contributed by atoms with van der Waals surface area (Å²) in [5.74, 6) is 0. The second kappa shape index (κ2) is 8.83. The van der Waals surface area contributed by atoms with Crippen molar-refractivity contribution in [1.82, 2.24) is 20.0 Å². The third-order valence-corrected chi connectivity index (χ3v) is 3.38. The molecule has 3 N–H and O–H groups in total. The summed E-state index contributed by atoms with van der Waals surface area (Å²) in [6.45, 7) is 11.4. The molecular weight excluding hydrogens is 214 g/mol. The van der Waals surface area contributed by atoms with Crippen molar-refractivity contribution in [3.05, 3.63) is 0 Å². The first-order valence-corrected chi connectivity index (χ1v) is 6.72. The van der Waals surface area contributed by atoms with E-state index in [1.54, 1.807) is 0 Å². The van der Waals surface area contributed by atoms with Crippen LogP contribution in [0.4, 0.5) is 0 Å². The molecule has 0 bridgehead atoms. The summed E-state index contributed by atoms with van der Waals surface area (Å²) in [4.78, 5) is 7.10. The Morgan fingerprint density at radius 3 is 1.82 bits per heavy atom. The van der Waals surface area contributed by atoms with E-state index in [1.165, 1.54) is 39.3 Å². The lowest BCUT2D eigenvalue weighted by molar-refractivity contribution is 0.157. The number of likely N-dealkylation sites (N-methyl/N-ethyl adjacent to an activating group) is 2. The van der Waals surface area contributed by atoms with Crippen LogP contribution in [0.15, 0.2) is 0 Å². The van der Waals surface area contributed by atoms with Gasteiger partial charge < -0.3 is 20.9 Å². The van der Waals surface area contributed by atoms with E-state index < -0.39 is 0 Å². The van der Waals surface area contributed by atoms with Gasteiger partial charge in [0, 0.05) is 65.4 Å². The zero-order valence-electron chi connectivity index (χ0n) is 11.5. The maximum atomic E-state index is 5.44. The molecule has 17 heavy (non-hydrogen) atoms. The fraction of sp³-hybridized carbons (Fsp3) is 1.00. The average Bonchev–Trinajstić information content (AvgIpc) is 2.34. The first-order valence-electron chi connectivity index (χ1n) is 6.72. The van der Waals surface area contributed by atoms with Gasteiger partial charge in [-0.1, -0.05) is 0 Å². The lowest BCUT2D eigenvalue weighted by Crippen LogP contribution is -2.45. The van der Waals surface area contributed by atoms with Crippen LogP contribution in [0.3, 0.4) is 0 Å². The highest BCUT2D eigenvalue weighted by Crippen LogP contribution is 1.96. The molecule has 102 valence electrons. The number of piperazine rings is 2. The van der Waals surface area contributed by atoms with Crippen molar-refractivity contribution in [3.63, 3.8) is 0 Å². The number of hydrogen-bond donors (Lipinski definition) is 2. The summed E-state index contributed by atoms with van der Waals surface area (Å²) in [6, 6.07) is 0. The van der Waals surface area contributed by atoms with E-state index in [0.717, 1.165) is 26.2 Å². The van der Waals surface area contributed by atoms with Crippen LogP contribution in [-0.2, 0) is 0 Å². The van der Waals surface area contributed by atoms with Gasteiger partial charge in [0.15, 0.2) is 0 Å². The molecule has 2 aliphatic rings. The first-order chi connectivity index (χ1) is 8.22. The van der Waals surface area contributed by atoms with Gasteiger partial charge in [-0.25, -0.2) is 0 Å². The predicted octanol–water partition coefficient (Wildman–Crippen LogP) is -1.29. The maximum absolute atomic E-state index is 5.44. The number of hydrogen-bond acceptors (Lipinski definition) is 5. The van der Waals surface area contributed by atoms with Crippen molar-refractivity contribution >= 4 is 0 Å². The second-order valence-corrected chi connectivity index (χ2v) is 4.99. The van der Waals surface area contributed by atoms with Crippen molar-refractivity contribution < 1.29 is 0 Å². The Balaban J connectivity index is 0.000000181. The molecule has 0 aromatic rings. The Morgan fingerprint density at radius 1 is 0.882 bits per heavy atom. The number of rotatable bonds is 2. The molecular formula is C12H29N5. The van der Waals surface area contributed by atoms with Crippen LogP contribution < -0.4 is 11.1 Å². The molecule has 0 aromatic heterocycles. The third kappa shape index (κ3) is 6.95. The van der Waals surface area contributed by atoms with Gasteiger partial charge in [-0.3, -0.25) is 4.90 Å². The molecule has 0 aromatic carbocycles. The zero-order chi connectivity index (χ0) is 12.5. The molecule has 5 nitrogen and oxygen atoms in total. The highest BCUT2D eigenvalue weighted by Gasteiger charge is 2.11. The Hall–Kier alpha value is -0.200. The summed E-state index contributed by atoms with van der Waals surface area (Å²) >= 11 is 0. The van der Waals surface area contributed by atoms with Crippen LogP contribution in [0.25, 0.3) is 0 Å². The van der Waals surface area contributed by atoms with Crippen molar-refractivity contribution in [2.45, 2.75) is 0 Å². The minimum Gasteiger partial charge on any atom is -0.329 e. The van der Waals surface area contributed by atoms with Gasteiger partial charge >= 0.3 is 0 Å². The molecule has 2 rings (SSSR count). The molecule has 0 unspecified atom stereocenters. The van der Waals surface area contributed by atoms with Crippen LogP contribution in [0.2, 0.25) is 0 Å². The van der Waals surface area contributed by atoms with E-state index in [4.69, 9.17) is 5.73 Å². The van der Waals surface area contributed by atoms with Gasteiger partial charge in [-0.2, -0.15) is 0 Å². The summed E-state index contributed by atoms with van der Waals surface area (Å²) in [6.07, 6.45) is 0. The molecule has 0 amide bonds. The highest BCUT2D eigenvalue weighted by atomic mass is 15.2. The largest absolute Gasteiger partial charge is 0.329 e. The Kier molecular flexibility index (Phi) is 7.72. The normalized spacial score (nSPS) is 24.2. The van der Waals surface area contributed by atoms with Crippen molar-refractivity contribution in [1.29, 1.82) is 0 Å². The molecule has 5 heteroatoms. The number of nitrogens with one attached hydrogen (secondary N) is 1. The third-order valence-electron chi connectivity index (χ3n) is 3.38. The number of nitrogens with two attached hydrogens (primary N) is 1. The first kappa shape index (κ1) is 14.9. The van der Waals surface area contributed by atoms with Crippen LogP contribution in [0, 0.1) is 0 Å². The second-order valence-electron chi connectivity index (χ2n) is 4.99. The lowest BCUT2D eigenvalue weighted by Gasteiger charge is -2.31.